The number of carbonyl (C=O) groups excluding carboxylic acids is 1. The third-order valence-electron chi connectivity index (χ3n) is 2.63. The van der Waals surface area contributed by atoms with Gasteiger partial charge in [0.25, 0.3) is 5.91 Å². The van der Waals surface area contributed by atoms with Crippen LogP contribution in [0.4, 0.5) is 17.6 Å². The molecule has 112 valence electrons. The molecule has 21 heavy (non-hydrogen) atoms. The van der Waals surface area contributed by atoms with Crippen molar-refractivity contribution in [1.82, 2.24) is 10.3 Å². The highest BCUT2D eigenvalue weighted by Crippen LogP contribution is 2.31. The van der Waals surface area contributed by atoms with Gasteiger partial charge in [-0.05, 0) is 25.1 Å². The quantitative estimate of drug-likeness (QED) is 0.880. The second-order valence-electron chi connectivity index (χ2n) is 4.23. The molecule has 0 saturated carbocycles. The summed E-state index contributed by atoms with van der Waals surface area (Å²) in [6.07, 6.45) is -4.84. The molecule has 0 aliphatic heterocycles. The van der Waals surface area contributed by atoms with Crippen LogP contribution in [-0.2, 0) is 12.7 Å². The van der Waals surface area contributed by atoms with Crippen molar-refractivity contribution in [2.45, 2.75) is 19.6 Å². The number of rotatable bonds is 3. The third-order valence-corrected chi connectivity index (χ3v) is 3.45. The van der Waals surface area contributed by atoms with E-state index in [2.05, 4.69) is 10.3 Å². The smallest absolute Gasteiger partial charge is 0.346 e. The van der Waals surface area contributed by atoms with Crippen LogP contribution < -0.4 is 5.32 Å². The zero-order chi connectivity index (χ0) is 15.6. The first-order chi connectivity index (χ1) is 9.77. The van der Waals surface area contributed by atoms with E-state index in [1.807, 2.05) is 0 Å². The van der Waals surface area contributed by atoms with Crippen molar-refractivity contribution < 1.29 is 22.4 Å². The second-order valence-corrected chi connectivity index (χ2v) is 5.30. The van der Waals surface area contributed by atoms with Gasteiger partial charge in [0.05, 0.1) is 22.8 Å². The number of halogens is 4. The van der Waals surface area contributed by atoms with E-state index in [4.69, 9.17) is 0 Å². The summed E-state index contributed by atoms with van der Waals surface area (Å²) < 4.78 is 50.8. The predicted molar refractivity (Wildman–Crippen MR) is 69.4 cm³/mol. The van der Waals surface area contributed by atoms with Crippen LogP contribution >= 0.6 is 11.3 Å². The highest BCUT2D eigenvalue weighted by atomic mass is 32.1. The fourth-order valence-corrected chi connectivity index (χ4v) is 2.26. The number of hydrogen-bond acceptors (Lipinski definition) is 3. The first kappa shape index (κ1) is 15.4. The van der Waals surface area contributed by atoms with Crippen molar-refractivity contribution in [2.24, 2.45) is 0 Å². The van der Waals surface area contributed by atoms with Gasteiger partial charge in [0.2, 0.25) is 0 Å². The maximum absolute atomic E-state index is 13.1. The van der Waals surface area contributed by atoms with Gasteiger partial charge in [-0.3, -0.25) is 4.79 Å². The Morgan fingerprint density at radius 3 is 2.67 bits per heavy atom. The molecule has 0 atom stereocenters. The Kier molecular flexibility index (Phi) is 4.26. The van der Waals surface area contributed by atoms with Gasteiger partial charge < -0.3 is 5.32 Å². The molecule has 0 spiro atoms. The molecule has 0 aliphatic carbocycles. The van der Waals surface area contributed by atoms with Gasteiger partial charge in [0, 0.05) is 10.9 Å². The van der Waals surface area contributed by atoms with Crippen molar-refractivity contribution in [2.75, 3.05) is 0 Å². The van der Waals surface area contributed by atoms with Crippen molar-refractivity contribution in [3.63, 3.8) is 0 Å². The molecule has 2 rings (SSSR count). The highest BCUT2D eigenvalue weighted by Gasteiger charge is 2.34. The van der Waals surface area contributed by atoms with Crippen LogP contribution in [0.1, 0.15) is 26.6 Å². The number of carbonyl (C=O) groups is 1. The molecule has 0 saturated heterocycles. The maximum atomic E-state index is 13.1. The second kappa shape index (κ2) is 5.80. The van der Waals surface area contributed by atoms with Crippen molar-refractivity contribution in [3.05, 3.63) is 51.2 Å². The normalized spacial score (nSPS) is 11.5. The number of alkyl halides is 3. The number of aromatic nitrogens is 1. The lowest BCUT2D eigenvalue weighted by Gasteiger charge is -2.10. The molecule has 0 unspecified atom stereocenters. The van der Waals surface area contributed by atoms with E-state index in [1.54, 1.807) is 12.3 Å². The van der Waals surface area contributed by atoms with Gasteiger partial charge in [-0.2, -0.15) is 13.2 Å². The molecule has 3 nitrogen and oxygen atoms in total. The average molecular weight is 318 g/mol. The van der Waals surface area contributed by atoms with Gasteiger partial charge in [0.1, 0.15) is 5.82 Å². The summed E-state index contributed by atoms with van der Waals surface area (Å²) in [7, 11) is 0. The monoisotopic (exact) mass is 318 g/mol. The Morgan fingerprint density at radius 1 is 1.38 bits per heavy atom. The number of nitrogens with one attached hydrogen (secondary N) is 1. The van der Waals surface area contributed by atoms with Gasteiger partial charge in [-0.15, -0.1) is 11.3 Å². The van der Waals surface area contributed by atoms with Crippen LogP contribution in [0.3, 0.4) is 0 Å². The lowest BCUT2D eigenvalue weighted by Crippen LogP contribution is -2.23. The number of hydrogen-bond donors (Lipinski definition) is 1. The molecule has 0 aliphatic rings. The zero-order valence-corrected chi connectivity index (χ0v) is 11.6. The molecular formula is C13H10F4N2OS. The van der Waals surface area contributed by atoms with E-state index in [0.717, 1.165) is 11.1 Å². The topological polar surface area (TPSA) is 42.0 Å². The molecule has 1 N–H and O–H groups in total. The van der Waals surface area contributed by atoms with Crippen molar-refractivity contribution in [3.8, 4) is 0 Å². The Morgan fingerprint density at radius 2 is 2.10 bits per heavy atom. The number of benzene rings is 1. The number of amides is 1. The minimum Gasteiger partial charge on any atom is -0.346 e. The third kappa shape index (κ3) is 3.78. The van der Waals surface area contributed by atoms with Gasteiger partial charge in [0.15, 0.2) is 0 Å². The summed E-state index contributed by atoms with van der Waals surface area (Å²) in [5, 5.41) is 5.00. The molecule has 1 heterocycles. The molecule has 1 aromatic heterocycles. The Labute approximate surface area is 121 Å². The van der Waals surface area contributed by atoms with E-state index < -0.39 is 23.5 Å². The van der Waals surface area contributed by atoms with E-state index in [-0.39, 0.29) is 12.1 Å². The SMILES string of the molecule is Cc1nc(CNC(=O)c2ccc(F)c(C(F)(F)F)c2)cs1. The molecule has 0 fully saturated rings. The Bertz CT molecular complexity index is 666. The molecule has 0 radical (unpaired) electrons. The Hall–Kier alpha value is -1.96. The summed E-state index contributed by atoms with van der Waals surface area (Å²) in [5.74, 6) is -2.12. The van der Waals surface area contributed by atoms with Gasteiger partial charge in [-0.1, -0.05) is 0 Å². The van der Waals surface area contributed by atoms with Gasteiger partial charge >= 0.3 is 6.18 Å². The lowest BCUT2D eigenvalue weighted by atomic mass is 10.1. The lowest BCUT2D eigenvalue weighted by molar-refractivity contribution is -0.140. The molecule has 1 amide bonds. The van der Waals surface area contributed by atoms with Crippen LogP contribution in [0.2, 0.25) is 0 Å². The summed E-state index contributed by atoms with van der Waals surface area (Å²) in [6.45, 7) is 1.90. The van der Waals surface area contributed by atoms with E-state index in [1.165, 1.54) is 11.3 Å². The largest absolute Gasteiger partial charge is 0.419 e. The van der Waals surface area contributed by atoms with Crippen LogP contribution in [0.25, 0.3) is 0 Å². The van der Waals surface area contributed by atoms with Crippen LogP contribution in [0.15, 0.2) is 23.6 Å². The van der Waals surface area contributed by atoms with E-state index in [0.29, 0.717) is 17.8 Å². The fraction of sp³-hybridized carbons (Fsp3) is 0.231. The Balaban J connectivity index is 2.12. The van der Waals surface area contributed by atoms with Crippen LogP contribution in [0.5, 0.6) is 0 Å². The van der Waals surface area contributed by atoms with Crippen molar-refractivity contribution >= 4 is 17.2 Å². The molecule has 2 aromatic rings. The summed E-state index contributed by atoms with van der Waals surface area (Å²) in [6, 6.07) is 2.13. The van der Waals surface area contributed by atoms with E-state index >= 15 is 0 Å². The van der Waals surface area contributed by atoms with Crippen molar-refractivity contribution in [1.29, 1.82) is 0 Å². The first-order valence-corrected chi connectivity index (χ1v) is 6.71. The number of thiazole rings is 1. The fourth-order valence-electron chi connectivity index (χ4n) is 1.65. The number of nitrogens with zero attached hydrogens (tertiary/aromatic N) is 1. The highest BCUT2D eigenvalue weighted by molar-refractivity contribution is 7.09. The zero-order valence-electron chi connectivity index (χ0n) is 10.8. The first-order valence-electron chi connectivity index (χ1n) is 5.83. The molecular weight excluding hydrogens is 308 g/mol. The number of aryl methyl sites for hydroxylation is 1. The minimum atomic E-state index is -4.84. The van der Waals surface area contributed by atoms with Gasteiger partial charge in [-0.25, -0.2) is 9.37 Å². The predicted octanol–water partition coefficient (Wildman–Crippen LogP) is 3.54. The molecule has 1 aromatic carbocycles. The summed E-state index contributed by atoms with van der Waals surface area (Å²) >= 11 is 1.40. The van der Waals surface area contributed by atoms with E-state index in [9.17, 15) is 22.4 Å². The average Bonchev–Trinajstić information content (AvgIpc) is 2.81. The minimum absolute atomic E-state index is 0.0991. The molecule has 8 heteroatoms. The van der Waals surface area contributed by atoms with Crippen LogP contribution in [-0.4, -0.2) is 10.9 Å². The van der Waals surface area contributed by atoms with Crippen LogP contribution in [0, 0.1) is 12.7 Å². The summed E-state index contributed by atoms with van der Waals surface area (Å²) in [4.78, 5) is 15.9. The standard InChI is InChI=1S/C13H10F4N2OS/c1-7-19-9(6-21-7)5-18-12(20)8-2-3-11(14)10(4-8)13(15,16)17/h2-4,6H,5H2,1H3,(H,18,20). The summed E-state index contributed by atoms with van der Waals surface area (Å²) in [5.41, 5.74) is -1.10. The molecule has 0 bridgehead atoms. The maximum Gasteiger partial charge on any atom is 0.419 e.